The summed E-state index contributed by atoms with van der Waals surface area (Å²) in [5.74, 6) is 1.27. The largest absolute Gasteiger partial charge is 0.294 e. The molecule has 0 unspecified atom stereocenters. The molecule has 1 amide bonds. The molecule has 1 aliphatic carbocycles. The molecule has 1 spiro atoms. The Bertz CT molecular complexity index is 569. The number of amidine groups is 1. The first-order valence-electron chi connectivity index (χ1n) is 11.6. The molecule has 0 bridgehead atoms. The van der Waals surface area contributed by atoms with Crippen molar-refractivity contribution >= 4 is 11.7 Å². The van der Waals surface area contributed by atoms with E-state index in [0.29, 0.717) is 6.54 Å². The van der Waals surface area contributed by atoms with E-state index in [0.717, 1.165) is 50.8 Å². The van der Waals surface area contributed by atoms with Crippen LogP contribution in [-0.4, -0.2) is 22.2 Å². The fraction of sp³-hybridized carbons (Fsp3) is 0.680. The predicted octanol–water partition coefficient (Wildman–Crippen LogP) is 7.32. The molecule has 160 valence electrons. The summed E-state index contributed by atoms with van der Waals surface area (Å²) >= 11 is 0. The maximum absolute atomic E-state index is 13.0. The van der Waals surface area contributed by atoms with Gasteiger partial charge in [0.2, 0.25) is 0 Å². The molecule has 28 heavy (non-hydrogen) atoms. The van der Waals surface area contributed by atoms with Crippen LogP contribution in [0, 0.1) is 6.92 Å². The minimum Gasteiger partial charge on any atom is -0.294 e. The number of hydrogen-bond donors (Lipinski definition) is 0. The number of unbranched alkanes of at least 4 members (excludes halogenated alkanes) is 1. The third-order valence-corrected chi connectivity index (χ3v) is 4.94. The molecule has 0 N–H and O–H groups in total. The van der Waals surface area contributed by atoms with Crippen molar-refractivity contribution < 1.29 is 4.79 Å². The Morgan fingerprint density at radius 1 is 0.964 bits per heavy atom. The Kier molecular flexibility index (Phi) is 13.5. The molecule has 3 heteroatoms. The molecule has 1 fully saturated rings. The van der Waals surface area contributed by atoms with Crippen molar-refractivity contribution in [3.05, 3.63) is 35.4 Å². The number of carbonyl (C=O) groups is 1. The zero-order valence-corrected chi connectivity index (χ0v) is 19.8. The Morgan fingerprint density at radius 3 is 2.00 bits per heavy atom. The quantitative estimate of drug-likeness (QED) is 0.520. The van der Waals surface area contributed by atoms with Gasteiger partial charge in [-0.3, -0.25) is 14.7 Å². The minimum absolute atomic E-state index is 0.247. The van der Waals surface area contributed by atoms with E-state index in [1.807, 2.05) is 46.4 Å². The van der Waals surface area contributed by atoms with Crippen LogP contribution >= 0.6 is 0 Å². The van der Waals surface area contributed by atoms with Gasteiger partial charge in [0.25, 0.3) is 5.91 Å². The number of carbonyl (C=O) groups excluding carboxylic acids is 1. The number of rotatable bonds is 5. The van der Waals surface area contributed by atoms with Crippen LogP contribution in [0.4, 0.5) is 0 Å². The topological polar surface area (TPSA) is 32.7 Å². The average Bonchev–Trinajstić information content (AvgIpc) is 3.33. The SMILES string of the molecule is CC.CC.CC.CCCCC1=NC2(CCCC2)C(=O)N1Cc1ccc(C)cc1. The second-order valence-electron chi connectivity index (χ2n) is 6.75. The molecule has 3 nitrogen and oxygen atoms in total. The second-order valence-corrected chi connectivity index (χ2v) is 6.75. The number of benzene rings is 1. The van der Waals surface area contributed by atoms with Crippen LogP contribution in [0.15, 0.2) is 29.3 Å². The van der Waals surface area contributed by atoms with Gasteiger partial charge in [-0.15, -0.1) is 0 Å². The van der Waals surface area contributed by atoms with Crippen molar-refractivity contribution in [2.75, 3.05) is 0 Å². The summed E-state index contributed by atoms with van der Waals surface area (Å²) in [4.78, 5) is 19.9. The fourth-order valence-electron chi connectivity index (χ4n) is 3.57. The van der Waals surface area contributed by atoms with Crippen LogP contribution in [0.1, 0.15) is 105 Å². The highest BCUT2D eigenvalue weighted by atomic mass is 16.2. The zero-order valence-electron chi connectivity index (χ0n) is 19.8. The maximum Gasteiger partial charge on any atom is 0.256 e. The molecule has 0 saturated heterocycles. The highest BCUT2D eigenvalue weighted by Crippen LogP contribution is 2.40. The minimum atomic E-state index is -0.409. The van der Waals surface area contributed by atoms with Gasteiger partial charge in [-0.05, 0) is 31.7 Å². The number of amides is 1. The van der Waals surface area contributed by atoms with Crippen molar-refractivity contribution in [2.24, 2.45) is 4.99 Å². The fourth-order valence-corrected chi connectivity index (χ4v) is 3.57. The summed E-state index contributed by atoms with van der Waals surface area (Å²) < 4.78 is 0. The van der Waals surface area contributed by atoms with Gasteiger partial charge in [-0.25, -0.2) is 0 Å². The summed E-state index contributed by atoms with van der Waals surface area (Å²) in [6, 6.07) is 8.48. The molecule has 1 aliphatic heterocycles. The van der Waals surface area contributed by atoms with Crippen LogP contribution in [0.5, 0.6) is 0 Å². The molecule has 0 radical (unpaired) electrons. The zero-order chi connectivity index (χ0) is 21.6. The monoisotopic (exact) mass is 388 g/mol. The van der Waals surface area contributed by atoms with E-state index in [1.165, 1.54) is 11.1 Å². The lowest BCUT2D eigenvalue weighted by Gasteiger charge is -2.22. The summed E-state index contributed by atoms with van der Waals surface area (Å²) in [5.41, 5.74) is 2.04. The molecule has 1 saturated carbocycles. The van der Waals surface area contributed by atoms with Gasteiger partial charge in [-0.1, -0.05) is 97.6 Å². The summed E-state index contributed by atoms with van der Waals surface area (Å²) in [7, 11) is 0. The molecule has 0 aromatic heterocycles. The molecule has 1 heterocycles. The first kappa shape index (κ1) is 26.4. The molecule has 1 aromatic carbocycles. The normalized spacial score (nSPS) is 16.4. The van der Waals surface area contributed by atoms with Crippen LogP contribution in [-0.2, 0) is 11.3 Å². The van der Waals surface area contributed by atoms with Crippen molar-refractivity contribution in [3.8, 4) is 0 Å². The third-order valence-electron chi connectivity index (χ3n) is 4.94. The van der Waals surface area contributed by atoms with E-state index in [1.54, 1.807) is 0 Å². The maximum atomic E-state index is 13.0. The number of nitrogens with zero attached hydrogens (tertiary/aromatic N) is 2. The Hall–Kier alpha value is -1.64. The lowest BCUT2D eigenvalue weighted by atomic mass is 9.98. The number of hydrogen-bond acceptors (Lipinski definition) is 2. The predicted molar refractivity (Wildman–Crippen MR) is 124 cm³/mol. The van der Waals surface area contributed by atoms with E-state index in [2.05, 4.69) is 38.1 Å². The molecule has 3 rings (SSSR count). The van der Waals surface area contributed by atoms with Crippen molar-refractivity contribution in [1.29, 1.82) is 0 Å². The summed E-state index contributed by atoms with van der Waals surface area (Å²) in [5, 5.41) is 0. The van der Waals surface area contributed by atoms with Crippen LogP contribution in [0.3, 0.4) is 0 Å². The lowest BCUT2D eigenvalue weighted by Crippen LogP contribution is -2.40. The highest BCUT2D eigenvalue weighted by Gasteiger charge is 2.49. The molecular weight excluding hydrogens is 344 g/mol. The van der Waals surface area contributed by atoms with Gasteiger partial charge in [-0.2, -0.15) is 0 Å². The van der Waals surface area contributed by atoms with E-state index in [4.69, 9.17) is 4.99 Å². The van der Waals surface area contributed by atoms with Gasteiger partial charge in [0.1, 0.15) is 11.4 Å². The third kappa shape index (κ3) is 6.76. The van der Waals surface area contributed by atoms with Gasteiger partial charge in [0.15, 0.2) is 0 Å². The Balaban J connectivity index is 0.00000111. The molecular formula is C25H44N2O. The first-order chi connectivity index (χ1) is 13.6. The number of aliphatic imine (C=N–C) groups is 1. The van der Waals surface area contributed by atoms with Crippen LogP contribution in [0.25, 0.3) is 0 Å². The van der Waals surface area contributed by atoms with Crippen LogP contribution < -0.4 is 0 Å². The van der Waals surface area contributed by atoms with E-state index >= 15 is 0 Å². The summed E-state index contributed by atoms with van der Waals surface area (Å²) in [6.07, 6.45) is 7.31. The van der Waals surface area contributed by atoms with Crippen molar-refractivity contribution in [1.82, 2.24) is 4.90 Å². The molecule has 0 atom stereocenters. The van der Waals surface area contributed by atoms with Crippen LogP contribution in [0.2, 0.25) is 0 Å². The Labute approximate surface area is 174 Å². The number of aryl methyl sites for hydroxylation is 1. The average molecular weight is 389 g/mol. The van der Waals surface area contributed by atoms with Crippen molar-refractivity contribution in [2.45, 2.75) is 112 Å². The van der Waals surface area contributed by atoms with Gasteiger partial charge < -0.3 is 0 Å². The highest BCUT2D eigenvalue weighted by molar-refractivity contribution is 6.08. The second kappa shape index (κ2) is 14.4. The smallest absolute Gasteiger partial charge is 0.256 e. The van der Waals surface area contributed by atoms with E-state index in [-0.39, 0.29) is 5.91 Å². The first-order valence-corrected chi connectivity index (χ1v) is 11.6. The van der Waals surface area contributed by atoms with E-state index in [9.17, 15) is 4.79 Å². The van der Waals surface area contributed by atoms with Gasteiger partial charge in [0.05, 0.1) is 6.54 Å². The van der Waals surface area contributed by atoms with Gasteiger partial charge >= 0.3 is 0 Å². The van der Waals surface area contributed by atoms with E-state index < -0.39 is 5.54 Å². The van der Waals surface area contributed by atoms with Gasteiger partial charge in [0, 0.05) is 6.42 Å². The van der Waals surface area contributed by atoms with Crippen molar-refractivity contribution in [3.63, 3.8) is 0 Å². The summed E-state index contributed by atoms with van der Waals surface area (Å²) in [6.45, 7) is 16.9. The molecule has 2 aliphatic rings. The standard InChI is InChI=1S/C19H26N2O.3C2H6/c1-3-4-7-17-20-19(12-5-6-13-19)18(22)21(17)14-16-10-8-15(2)9-11-16;3*1-2/h8-11H,3-7,12-14H2,1-2H3;3*1-2H3. The Morgan fingerprint density at radius 2 is 1.50 bits per heavy atom. The lowest BCUT2D eigenvalue weighted by molar-refractivity contribution is -0.131. The molecule has 1 aromatic rings.